The van der Waals surface area contributed by atoms with Crippen LogP contribution in [0.5, 0.6) is 5.75 Å². The molecule has 1 aromatic heterocycles. The molecule has 0 spiro atoms. The van der Waals surface area contributed by atoms with E-state index in [1.54, 1.807) is 30.5 Å². The maximum absolute atomic E-state index is 13.0. The number of rotatable bonds is 5. The second kappa shape index (κ2) is 9.56. The summed E-state index contributed by atoms with van der Waals surface area (Å²) in [6.45, 7) is 0. The lowest BCUT2D eigenvalue weighted by molar-refractivity contribution is 0.0734. The summed E-state index contributed by atoms with van der Waals surface area (Å²) < 4.78 is 25.3. The fourth-order valence-corrected chi connectivity index (χ4v) is 3.59. The van der Waals surface area contributed by atoms with Gasteiger partial charge in [-0.05, 0) is 119 Å². The van der Waals surface area contributed by atoms with Crippen molar-refractivity contribution in [1.82, 2.24) is 4.98 Å². The van der Waals surface area contributed by atoms with Gasteiger partial charge in [0, 0.05) is 15.3 Å². The fourth-order valence-electron chi connectivity index (χ4n) is 3.24. The van der Waals surface area contributed by atoms with Crippen molar-refractivity contribution in [2.45, 2.75) is 0 Å². The van der Waals surface area contributed by atoms with Gasteiger partial charge in [0.2, 0.25) is 5.89 Å². The number of fused-ring (bicyclic) bond motifs is 1. The molecular weight excluding hydrogens is 546 g/mol. The maximum atomic E-state index is 13.0. The number of aliphatic imine (C=N–C) groups is 1. The molecule has 4 aromatic carbocycles. The molecule has 0 aliphatic heterocycles. The quantitative estimate of drug-likeness (QED) is 0.0984. The summed E-state index contributed by atoms with van der Waals surface area (Å²) in [7, 11) is 0. The van der Waals surface area contributed by atoms with Crippen molar-refractivity contribution in [1.29, 1.82) is 0 Å². The van der Waals surface area contributed by atoms with Gasteiger partial charge in [0.1, 0.15) is 17.1 Å². The van der Waals surface area contributed by atoms with Gasteiger partial charge in [-0.25, -0.2) is 14.2 Å². The molecule has 1 heterocycles. The molecule has 0 unspecified atom stereocenters. The normalized spacial score (nSPS) is 11.2. The van der Waals surface area contributed by atoms with Crippen LogP contribution in [0.15, 0.2) is 100 Å². The molecule has 166 valence electrons. The summed E-state index contributed by atoms with van der Waals surface area (Å²) in [6, 6.07) is 25.7. The predicted molar refractivity (Wildman–Crippen MR) is 137 cm³/mol. The molecule has 0 N–H and O–H groups in total. The van der Waals surface area contributed by atoms with Gasteiger partial charge in [-0.15, -0.1) is 0 Å². The van der Waals surface area contributed by atoms with Crippen LogP contribution >= 0.6 is 22.6 Å². The standard InChI is InChI=1S/C27H16FIN2O3/c28-20-7-3-19(4-8-20)27(32)33-23-12-1-17(2-13-23)16-30-22-11-14-25-24(15-22)31-26(34-25)18-5-9-21(29)10-6-18/h1-16H. The van der Waals surface area contributed by atoms with Gasteiger partial charge in [0.05, 0.1) is 11.3 Å². The van der Waals surface area contributed by atoms with Gasteiger partial charge in [-0.2, -0.15) is 0 Å². The van der Waals surface area contributed by atoms with Crippen LogP contribution in [0.1, 0.15) is 15.9 Å². The number of carbonyl (C=O) groups excluding carboxylic acids is 1. The van der Waals surface area contributed by atoms with Crippen molar-refractivity contribution in [3.05, 3.63) is 112 Å². The molecule has 0 saturated carbocycles. The van der Waals surface area contributed by atoms with E-state index in [0.29, 0.717) is 17.2 Å². The van der Waals surface area contributed by atoms with E-state index in [1.807, 2.05) is 42.5 Å². The van der Waals surface area contributed by atoms with Crippen LogP contribution in [-0.4, -0.2) is 17.2 Å². The fraction of sp³-hybridized carbons (Fsp3) is 0. The van der Waals surface area contributed by atoms with Crippen LogP contribution < -0.4 is 4.74 Å². The third-order valence-electron chi connectivity index (χ3n) is 5.00. The first-order chi connectivity index (χ1) is 16.5. The summed E-state index contributed by atoms with van der Waals surface area (Å²) in [6.07, 6.45) is 1.72. The van der Waals surface area contributed by atoms with Gasteiger partial charge in [0.25, 0.3) is 0 Å². The Morgan fingerprint density at radius 2 is 1.68 bits per heavy atom. The Morgan fingerprint density at radius 3 is 2.41 bits per heavy atom. The van der Waals surface area contributed by atoms with Crippen LogP contribution in [0.2, 0.25) is 0 Å². The first-order valence-electron chi connectivity index (χ1n) is 10.3. The van der Waals surface area contributed by atoms with Crippen molar-refractivity contribution >= 4 is 51.6 Å². The summed E-state index contributed by atoms with van der Waals surface area (Å²) >= 11 is 2.26. The molecule has 0 radical (unpaired) electrons. The highest BCUT2D eigenvalue weighted by molar-refractivity contribution is 14.1. The Morgan fingerprint density at radius 1 is 0.941 bits per heavy atom. The van der Waals surface area contributed by atoms with E-state index >= 15 is 0 Å². The third kappa shape index (κ3) is 5.04. The molecule has 0 aliphatic carbocycles. The Balaban J connectivity index is 1.27. The topological polar surface area (TPSA) is 64.7 Å². The Kier molecular flexibility index (Phi) is 6.18. The number of carbonyl (C=O) groups is 1. The lowest BCUT2D eigenvalue weighted by atomic mass is 10.2. The van der Waals surface area contributed by atoms with Gasteiger partial charge in [0.15, 0.2) is 5.58 Å². The Labute approximate surface area is 208 Å². The largest absolute Gasteiger partial charge is 0.436 e. The monoisotopic (exact) mass is 562 g/mol. The average Bonchev–Trinajstić information content (AvgIpc) is 3.28. The minimum absolute atomic E-state index is 0.278. The summed E-state index contributed by atoms with van der Waals surface area (Å²) in [5.74, 6) is -0.00167. The zero-order valence-electron chi connectivity index (χ0n) is 17.6. The highest BCUT2D eigenvalue weighted by Gasteiger charge is 2.10. The highest BCUT2D eigenvalue weighted by Crippen LogP contribution is 2.27. The van der Waals surface area contributed by atoms with Gasteiger partial charge < -0.3 is 9.15 Å². The van der Waals surface area contributed by atoms with E-state index in [2.05, 4.69) is 32.6 Å². The minimum atomic E-state index is -0.549. The average molecular weight is 562 g/mol. The van der Waals surface area contributed by atoms with Crippen LogP contribution in [-0.2, 0) is 0 Å². The number of hydrogen-bond donors (Lipinski definition) is 0. The molecule has 0 aliphatic rings. The van der Waals surface area contributed by atoms with Gasteiger partial charge in [-0.1, -0.05) is 0 Å². The Hall–Kier alpha value is -3.85. The second-order valence-corrected chi connectivity index (χ2v) is 8.65. The van der Waals surface area contributed by atoms with E-state index in [4.69, 9.17) is 9.15 Å². The first-order valence-corrected chi connectivity index (χ1v) is 11.4. The van der Waals surface area contributed by atoms with Crippen molar-refractivity contribution in [3.63, 3.8) is 0 Å². The first kappa shape index (κ1) is 22.0. The van der Waals surface area contributed by atoms with Gasteiger partial charge >= 0.3 is 5.97 Å². The number of aromatic nitrogens is 1. The van der Waals surface area contributed by atoms with Crippen LogP contribution in [0.25, 0.3) is 22.6 Å². The minimum Gasteiger partial charge on any atom is -0.436 e. The predicted octanol–water partition coefficient (Wildman–Crippen LogP) is 7.21. The van der Waals surface area contributed by atoms with E-state index in [0.717, 1.165) is 25.9 Å². The van der Waals surface area contributed by atoms with E-state index in [-0.39, 0.29) is 5.56 Å². The molecular formula is C27H16FIN2O3. The number of benzene rings is 4. The molecule has 0 saturated heterocycles. The maximum Gasteiger partial charge on any atom is 0.343 e. The number of ether oxygens (including phenoxy) is 1. The molecule has 0 atom stereocenters. The number of hydrogen-bond acceptors (Lipinski definition) is 5. The van der Waals surface area contributed by atoms with Crippen molar-refractivity contribution in [2.24, 2.45) is 4.99 Å². The molecule has 7 heteroatoms. The lowest BCUT2D eigenvalue weighted by Crippen LogP contribution is -2.08. The summed E-state index contributed by atoms with van der Waals surface area (Å²) in [4.78, 5) is 21.3. The van der Waals surface area contributed by atoms with Crippen molar-refractivity contribution in [3.8, 4) is 17.2 Å². The lowest BCUT2D eigenvalue weighted by Gasteiger charge is -2.04. The molecule has 34 heavy (non-hydrogen) atoms. The van der Waals surface area contributed by atoms with Crippen molar-refractivity contribution < 1.29 is 18.3 Å². The molecule has 5 nitrogen and oxygen atoms in total. The van der Waals surface area contributed by atoms with Gasteiger partial charge in [-0.3, -0.25) is 4.99 Å². The number of oxazole rings is 1. The van der Waals surface area contributed by atoms with Crippen LogP contribution in [0, 0.1) is 9.39 Å². The van der Waals surface area contributed by atoms with E-state index in [1.165, 1.54) is 24.3 Å². The van der Waals surface area contributed by atoms with Crippen LogP contribution in [0.4, 0.5) is 10.1 Å². The second-order valence-electron chi connectivity index (χ2n) is 7.40. The summed E-state index contributed by atoms with van der Waals surface area (Å²) in [5.41, 5.74) is 4.19. The number of esters is 1. The zero-order valence-corrected chi connectivity index (χ0v) is 19.8. The smallest absolute Gasteiger partial charge is 0.343 e. The molecule has 0 amide bonds. The van der Waals surface area contributed by atoms with Crippen LogP contribution in [0.3, 0.4) is 0 Å². The number of halogens is 2. The van der Waals surface area contributed by atoms with E-state index in [9.17, 15) is 9.18 Å². The summed E-state index contributed by atoms with van der Waals surface area (Å²) in [5, 5.41) is 0. The molecule has 0 fully saturated rings. The Bertz CT molecular complexity index is 1490. The highest BCUT2D eigenvalue weighted by atomic mass is 127. The molecule has 5 aromatic rings. The van der Waals surface area contributed by atoms with E-state index < -0.39 is 11.8 Å². The SMILES string of the molecule is O=C(Oc1ccc(C=Nc2ccc3oc(-c4ccc(I)cc4)nc3c2)cc1)c1ccc(F)cc1. The molecule has 0 bridgehead atoms. The number of nitrogens with zero attached hydrogens (tertiary/aromatic N) is 2. The zero-order chi connectivity index (χ0) is 23.5. The third-order valence-corrected chi connectivity index (χ3v) is 5.71. The molecule has 5 rings (SSSR count). The van der Waals surface area contributed by atoms with Crippen molar-refractivity contribution in [2.75, 3.05) is 0 Å².